The predicted molar refractivity (Wildman–Crippen MR) is 74.6 cm³/mol. The van der Waals surface area contributed by atoms with Gasteiger partial charge in [-0.1, -0.05) is 60.7 Å². The number of nitrogens with one attached hydrogen (secondary N) is 1. The Bertz CT molecular complexity index is 641. The Morgan fingerprint density at radius 3 is 2.11 bits per heavy atom. The van der Waals surface area contributed by atoms with E-state index in [4.69, 9.17) is 0 Å². The van der Waals surface area contributed by atoms with Crippen LogP contribution in [-0.2, 0) is 0 Å². The molecule has 0 spiro atoms. The average molecular weight is 235 g/mol. The van der Waals surface area contributed by atoms with Crippen molar-refractivity contribution in [1.29, 1.82) is 0 Å². The number of fused-ring (bicyclic) bond motifs is 2. The van der Waals surface area contributed by atoms with Crippen LogP contribution in [-0.4, -0.2) is 5.21 Å². The van der Waals surface area contributed by atoms with Gasteiger partial charge in [0.25, 0.3) is 0 Å². The van der Waals surface area contributed by atoms with Gasteiger partial charge in [0.2, 0.25) is 0 Å². The summed E-state index contributed by atoms with van der Waals surface area (Å²) >= 11 is 0. The normalized spacial score (nSPS) is 14.6. The lowest BCUT2D eigenvalue weighted by molar-refractivity contribution is 0.225. The second-order valence-corrected chi connectivity index (χ2v) is 4.22. The number of hydrogen-bond acceptors (Lipinski definition) is 2. The Morgan fingerprint density at radius 1 is 0.722 bits per heavy atom. The number of rotatable bonds is 1. The molecule has 0 aliphatic heterocycles. The van der Waals surface area contributed by atoms with Crippen LogP contribution in [0, 0.1) is 0 Å². The van der Waals surface area contributed by atoms with E-state index in [9.17, 15) is 5.21 Å². The van der Waals surface area contributed by atoms with E-state index in [0.29, 0.717) is 5.70 Å². The van der Waals surface area contributed by atoms with Crippen molar-refractivity contribution < 1.29 is 5.21 Å². The fourth-order valence-corrected chi connectivity index (χ4v) is 2.19. The van der Waals surface area contributed by atoms with Crippen molar-refractivity contribution in [3.05, 3.63) is 70.8 Å². The third-order valence-electron chi connectivity index (χ3n) is 3.11. The van der Waals surface area contributed by atoms with Crippen molar-refractivity contribution in [2.45, 2.75) is 0 Å². The maximum absolute atomic E-state index is 9.34. The minimum Gasteiger partial charge on any atom is -0.291 e. The Labute approximate surface area is 106 Å². The molecule has 2 N–H and O–H groups in total. The van der Waals surface area contributed by atoms with Gasteiger partial charge in [0, 0.05) is 5.56 Å². The van der Waals surface area contributed by atoms with Crippen molar-refractivity contribution in [3.63, 3.8) is 0 Å². The van der Waals surface area contributed by atoms with Crippen molar-refractivity contribution in [2.24, 2.45) is 0 Å². The van der Waals surface area contributed by atoms with Gasteiger partial charge in [-0.05, 0) is 22.8 Å². The third-order valence-corrected chi connectivity index (χ3v) is 3.11. The van der Waals surface area contributed by atoms with E-state index < -0.39 is 0 Å². The van der Waals surface area contributed by atoms with Crippen LogP contribution in [0.25, 0.3) is 23.9 Å². The molecule has 0 unspecified atom stereocenters. The summed E-state index contributed by atoms with van der Waals surface area (Å²) in [4.78, 5) is 0. The summed E-state index contributed by atoms with van der Waals surface area (Å²) in [7, 11) is 0. The van der Waals surface area contributed by atoms with Gasteiger partial charge in [0.15, 0.2) is 0 Å². The highest BCUT2D eigenvalue weighted by Crippen LogP contribution is 2.26. The summed E-state index contributed by atoms with van der Waals surface area (Å²) < 4.78 is 0. The first-order valence-corrected chi connectivity index (χ1v) is 5.87. The standard InChI is InChI=1S/C16H13NO/c18-17-16-11-14-7-2-1-5-12(14)9-10-13-6-3-4-8-15(13)16/h1-11,17-18H/b10-9-,12-9?,13-10?,14-11?,16-11?,16-15?. The summed E-state index contributed by atoms with van der Waals surface area (Å²) in [6, 6.07) is 16.1. The Kier molecular flexibility index (Phi) is 2.71. The Hall–Kier alpha value is -2.32. The summed E-state index contributed by atoms with van der Waals surface area (Å²) in [5, 5.41) is 9.34. The van der Waals surface area contributed by atoms with Gasteiger partial charge in [-0.25, -0.2) is 0 Å². The van der Waals surface area contributed by atoms with Crippen LogP contribution >= 0.6 is 0 Å². The zero-order chi connectivity index (χ0) is 12.4. The SMILES string of the molecule is ONC1=Cc2ccccc2/C=C\c2ccccc21. The molecular formula is C16H13NO. The van der Waals surface area contributed by atoms with E-state index in [1.165, 1.54) is 0 Å². The zero-order valence-corrected chi connectivity index (χ0v) is 9.80. The maximum Gasteiger partial charge on any atom is 0.0686 e. The zero-order valence-electron chi connectivity index (χ0n) is 9.80. The fraction of sp³-hybridized carbons (Fsp3) is 0. The van der Waals surface area contributed by atoms with E-state index >= 15 is 0 Å². The molecule has 0 atom stereocenters. The minimum atomic E-state index is 0.711. The van der Waals surface area contributed by atoms with Crippen LogP contribution in [0.3, 0.4) is 0 Å². The molecule has 2 nitrogen and oxygen atoms in total. The average Bonchev–Trinajstić information content (AvgIpc) is 2.41. The highest BCUT2D eigenvalue weighted by molar-refractivity contribution is 5.90. The highest BCUT2D eigenvalue weighted by atomic mass is 16.5. The lowest BCUT2D eigenvalue weighted by Gasteiger charge is -2.13. The molecule has 0 radical (unpaired) electrons. The van der Waals surface area contributed by atoms with Gasteiger partial charge in [-0.2, -0.15) is 0 Å². The Balaban J connectivity index is 2.25. The van der Waals surface area contributed by atoms with Crippen LogP contribution in [0.15, 0.2) is 48.5 Å². The van der Waals surface area contributed by atoms with Crippen LogP contribution < -0.4 is 5.48 Å². The van der Waals surface area contributed by atoms with Gasteiger partial charge in [-0.3, -0.25) is 10.7 Å². The van der Waals surface area contributed by atoms with E-state index in [1.807, 2.05) is 48.5 Å². The Morgan fingerprint density at radius 2 is 1.33 bits per heavy atom. The lowest BCUT2D eigenvalue weighted by atomic mass is 9.96. The molecule has 18 heavy (non-hydrogen) atoms. The molecule has 2 heteroatoms. The minimum absolute atomic E-state index is 0.711. The van der Waals surface area contributed by atoms with Gasteiger partial charge in [0.1, 0.15) is 0 Å². The molecule has 3 rings (SSSR count). The molecular weight excluding hydrogens is 222 g/mol. The van der Waals surface area contributed by atoms with Crippen molar-refractivity contribution >= 4 is 23.9 Å². The van der Waals surface area contributed by atoms with E-state index in [2.05, 4.69) is 23.7 Å². The summed E-state index contributed by atoms with van der Waals surface area (Å²) in [5.41, 5.74) is 7.30. The molecule has 0 bridgehead atoms. The molecule has 0 saturated heterocycles. The largest absolute Gasteiger partial charge is 0.291 e. The molecule has 0 fully saturated rings. The second-order valence-electron chi connectivity index (χ2n) is 4.22. The van der Waals surface area contributed by atoms with Crippen LogP contribution in [0.2, 0.25) is 0 Å². The molecule has 1 aliphatic carbocycles. The molecule has 2 aromatic carbocycles. The first-order chi connectivity index (χ1) is 8.88. The van der Waals surface area contributed by atoms with Crippen molar-refractivity contribution in [1.82, 2.24) is 5.48 Å². The smallest absolute Gasteiger partial charge is 0.0686 e. The van der Waals surface area contributed by atoms with E-state index in [0.717, 1.165) is 22.3 Å². The predicted octanol–water partition coefficient (Wildman–Crippen LogP) is 3.65. The third kappa shape index (κ3) is 1.83. The first kappa shape index (κ1) is 10.8. The number of benzene rings is 2. The summed E-state index contributed by atoms with van der Waals surface area (Å²) in [6.07, 6.45) is 6.12. The number of hydroxylamine groups is 1. The second kappa shape index (κ2) is 4.51. The maximum atomic E-state index is 9.34. The molecule has 88 valence electrons. The molecule has 0 amide bonds. The van der Waals surface area contributed by atoms with Crippen LogP contribution in [0.1, 0.15) is 22.3 Å². The molecule has 0 heterocycles. The van der Waals surface area contributed by atoms with E-state index in [1.54, 1.807) is 0 Å². The molecule has 1 aliphatic rings. The van der Waals surface area contributed by atoms with Gasteiger partial charge < -0.3 is 0 Å². The molecule has 0 saturated carbocycles. The van der Waals surface area contributed by atoms with Crippen molar-refractivity contribution in [3.8, 4) is 0 Å². The first-order valence-electron chi connectivity index (χ1n) is 5.87. The topological polar surface area (TPSA) is 32.3 Å². The summed E-state index contributed by atoms with van der Waals surface area (Å²) in [5.74, 6) is 0. The molecule has 2 aromatic rings. The van der Waals surface area contributed by atoms with Crippen LogP contribution in [0.4, 0.5) is 0 Å². The fourth-order valence-electron chi connectivity index (χ4n) is 2.19. The highest BCUT2D eigenvalue weighted by Gasteiger charge is 2.08. The lowest BCUT2D eigenvalue weighted by Crippen LogP contribution is -2.07. The van der Waals surface area contributed by atoms with Gasteiger partial charge >= 0.3 is 0 Å². The number of hydrogen-bond donors (Lipinski definition) is 2. The monoisotopic (exact) mass is 235 g/mol. The quantitative estimate of drug-likeness (QED) is 0.739. The summed E-state index contributed by atoms with van der Waals surface area (Å²) in [6.45, 7) is 0. The van der Waals surface area contributed by atoms with Gasteiger partial charge in [0.05, 0.1) is 5.70 Å². The van der Waals surface area contributed by atoms with E-state index in [-0.39, 0.29) is 0 Å². The molecule has 0 aromatic heterocycles. The van der Waals surface area contributed by atoms with Crippen LogP contribution in [0.5, 0.6) is 0 Å². The van der Waals surface area contributed by atoms with Gasteiger partial charge in [-0.15, -0.1) is 0 Å². The van der Waals surface area contributed by atoms with Crippen molar-refractivity contribution in [2.75, 3.05) is 0 Å².